The van der Waals surface area contributed by atoms with Crippen molar-refractivity contribution in [2.75, 3.05) is 5.32 Å². The van der Waals surface area contributed by atoms with Crippen LogP contribution in [0.25, 0.3) is 0 Å². The zero-order chi connectivity index (χ0) is 21.7. The van der Waals surface area contributed by atoms with Gasteiger partial charge in [-0.15, -0.1) is 11.3 Å². The van der Waals surface area contributed by atoms with Crippen molar-refractivity contribution < 1.29 is 19.5 Å². The quantitative estimate of drug-likeness (QED) is 0.580. The molecule has 0 saturated heterocycles. The van der Waals surface area contributed by atoms with Gasteiger partial charge in [0.15, 0.2) is 0 Å². The van der Waals surface area contributed by atoms with E-state index in [1.54, 1.807) is 6.08 Å². The topological polar surface area (TPSA) is 95.5 Å². The molecule has 7 heteroatoms. The summed E-state index contributed by atoms with van der Waals surface area (Å²) in [6.07, 6.45) is 5.02. The molecule has 6 nitrogen and oxygen atoms in total. The van der Waals surface area contributed by atoms with Crippen LogP contribution in [0.5, 0.6) is 0 Å². The van der Waals surface area contributed by atoms with Gasteiger partial charge in [0, 0.05) is 11.4 Å². The van der Waals surface area contributed by atoms with Crippen molar-refractivity contribution in [3.63, 3.8) is 0 Å². The Morgan fingerprint density at radius 3 is 2.40 bits per heavy atom. The molecule has 3 N–H and O–H groups in total. The molecule has 1 aliphatic carbocycles. The van der Waals surface area contributed by atoms with Crippen LogP contribution in [0.3, 0.4) is 0 Å². The number of carbonyl (C=O) groups is 3. The van der Waals surface area contributed by atoms with Gasteiger partial charge in [0.1, 0.15) is 5.00 Å². The highest BCUT2D eigenvalue weighted by Crippen LogP contribution is 2.35. The van der Waals surface area contributed by atoms with Crippen LogP contribution in [0.2, 0.25) is 0 Å². The van der Waals surface area contributed by atoms with E-state index >= 15 is 0 Å². The van der Waals surface area contributed by atoms with Crippen molar-refractivity contribution in [2.24, 2.45) is 11.8 Å². The maximum Gasteiger partial charge on any atom is 0.307 e. The lowest BCUT2D eigenvalue weighted by Crippen LogP contribution is -2.35. The molecule has 0 radical (unpaired) electrons. The van der Waals surface area contributed by atoms with Crippen LogP contribution < -0.4 is 10.6 Å². The van der Waals surface area contributed by atoms with E-state index in [-0.39, 0.29) is 11.8 Å². The van der Waals surface area contributed by atoms with Crippen LogP contribution in [-0.4, -0.2) is 22.9 Å². The van der Waals surface area contributed by atoms with Gasteiger partial charge in [-0.2, -0.15) is 0 Å². The number of anilines is 1. The summed E-state index contributed by atoms with van der Waals surface area (Å²) in [5, 5.41) is 15.7. The largest absolute Gasteiger partial charge is 0.481 e. The van der Waals surface area contributed by atoms with Gasteiger partial charge in [-0.25, -0.2) is 0 Å². The highest BCUT2D eigenvalue weighted by molar-refractivity contribution is 7.16. The van der Waals surface area contributed by atoms with E-state index in [1.165, 1.54) is 11.3 Å². The Bertz CT molecular complexity index is 965. The number of carboxylic acid groups (broad SMARTS) is 1. The fourth-order valence-electron chi connectivity index (χ4n) is 3.78. The van der Waals surface area contributed by atoms with E-state index in [1.807, 2.05) is 50.3 Å². The minimum Gasteiger partial charge on any atom is -0.481 e. The average Bonchev–Trinajstić information content (AvgIpc) is 3.07. The molecule has 2 atom stereocenters. The number of aryl methyl sites for hydroxylation is 1. The number of allylic oxidation sites excluding steroid dienone is 2. The summed E-state index contributed by atoms with van der Waals surface area (Å²) in [7, 11) is 0. The second-order valence-electron chi connectivity index (χ2n) is 7.35. The molecule has 0 fully saturated rings. The van der Waals surface area contributed by atoms with E-state index < -0.39 is 17.8 Å². The lowest BCUT2D eigenvalue weighted by molar-refractivity contribution is -0.146. The lowest BCUT2D eigenvalue weighted by Gasteiger charge is -2.24. The smallest absolute Gasteiger partial charge is 0.307 e. The number of rotatable bonds is 7. The molecular weight excluding hydrogens is 400 g/mol. The molecule has 1 heterocycles. The zero-order valence-electron chi connectivity index (χ0n) is 17.1. The van der Waals surface area contributed by atoms with Gasteiger partial charge < -0.3 is 15.7 Å². The molecular formula is C23H26N2O4S. The maximum absolute atomic E-state index is 13.0. The minimum absolute atomic E-state index is 0.242. The fourth-order valence-corrected chi connectivity index (χ4v) is 4.93. The third-order valence-corrected chi connectivity index (χ3v) is 6.47. The molecule has 2 aromatic rings. The SMILES string of the molecule is CCc1c(C)sc(NC(=O)C2CC=CCC2C(=O)O)c1C(=O)NCc1ccccc1. The highest BCUT2D eigenvalue weighted by Gasteiger charge is 2.35. The average molecular weight is 427 g/mol. The van der Waals surface area contributed by atoms with Crippen LogP contribution >= 0.6 is 11.3 Å². The number of thiophene rings is 1. The van der Waals surface area contributed by atoms with E-state index in [9.17, 15) is 19.5 Å². The summed E-state index contributed by atoms with van der Waals surface area (Å²) in [5.41, 5.74) is 2.36. The van der Waals surface area contributed by atoms with Crippen LogP contribution in [0.15, 0.2) is 42.5 Å². The van der Waals surface area contributed by atoms with Gasteiger partial charge in [0.2, 0.25) is 5.91 Å². The van der Waals surface area contributed by atoms with Crippen molar-refractivity contribution in [2.45, 2.75) is 39.7 Å². The molecule has 1 aromatic heterocycles. The predicted octanol–water partition coefficient (Wildman–Crippen LogP) is 4.15. The van der Waals surface area contributed by atoms with E-state index in [4.69, 9.17) is 0 Å². The number of hydrogen-bond donors (Lipinski definition) is 3. The van der Waals surface area contributed by atoms with E-state index in [2.05, 4.69) is 10.6 Å². The van der Waals surface area contributed by atoms with E-state index in [0.29, 0.717) is 36.4 Å². The number of benzene rings is 1. The second-order valence-corrected chi connectivity index (χ2v) is 8.57. The molecule has 158 valence electrons. The predicted molar refractivity (Wildman–Crippen MR) is 118 cm³/mol. The fraction of sp³-hybridized carbons (Fsp3) is 0.348. The maximum atomic E-state index is 13.0. The summed E-state index contributed by atoms with van der Waals surface area (Å²) < 4.78 is 0. The normalized spacial score (nSPS) is 18.1. The molecule has 30 heavy (non-hydrogen) atoms. The number of aliphatic carboxylic acids is 1. The molecule has 0 spiro atoms. The van der Waals surface area contributed by atoms with Crippen molar-refractivity contribution in [3.05, 3.63) is 64.1 Å². The highest BCUT2D eigenvalue weighted by atomic mass is 32.1. The van der Waals surface area contributed by atoms with Crippen LogP contribution in [0.1, 0.15) is 46.1 Å². The third-order valence-electron chi connectivity index (χ3n) is 5.41. The second kappa shape index (κ2) is 9.71. The first-order chi connectivity index (χ1) is 14.4. The number of nitrogens with one attached hydrogen (secondary N) is 2. The summed E-state index contributed by atoms with van der Waals surface area (Å²) in [5.74, 6) is -2.98. The van der Waals surface area contributed by atoms with Crippen LogP contribution in [0.4, 0.5) is 5.00 Å². The molecule has 1 aromatic carbocycles. The number of carboxylic acids is 1. The summed E-state index contributed by atoms with van der Waals surface area (Å²) in [6, 6.07) is 9.62. The summed E-state index contributed by atoms with van der Waals surface area (Å²) in [6.45, 7) is 4.29. The van der Waals surface area contributed by atoms with Crippen molar-refractivity contribution in [1.29, 1.82) is 0 Å². The standard InChI is InChI=1S/C23H26N2O4S/c1-3-16-14(2)30-22(19(16)21(27)24-13-15-9-5-4-6-10-15)25-20(26)17-11-7-8-12-18(17)23(28)29/h4-10,17-18H,3,11-13H2,1-2H3,(H,24,27)(H,25,26)(H,28,29). The zero-order valence-corrected chi connectivity index (χ0v) is 17.9. The monoisotopic (exact) mass is 426 g/mol. The van der Waals surface area contributed by atoms with Crippen LogP contribution in [-0.2, 0) is 22.6 Å². The number of hydrogen-bond acceptors (Lipinski definition) is 4. The molecule has 0 saturated carbocycles. The van der Waals surface area contributed by atoms with Gasteiger partial charge in [0.25, 0.3) is 5.91 Å². The van der Waals surface area contributed by atoms with Gasteiger partial charge in [0.05, 0.1) is 17.4 Å². The van der Waals surface area contributed by atoms with Gasteiger partial charge in [-0.05, 0) is 37.3 Å². The lowest BCUT2D eigenvalue weighted by atomic mass is 9.82. The Morgan fingerprint density at radius 2 is 1.77 bits per heavy atom. The first-order valence-electron chi connectivity index (χ1n) is 10.0. The third kappa shape index (κ3) is 4.79. The molecule has 2 amide bonds. The summed E-state index contributed by atoms with van der Waals surface area (Å²) >= 11 is 1.36. The van der Waals surface area contributed by atoms with Crippen molar-refractivity contribution in [1.82, 2.24) is 5.32 Å². The Balaban J connectivity index is 1.81. The Labute approximate surface area is 180 Å². The van der Waals surface area contributed by atoms with Crippen LogP contribution in [0, 0.1) is 18.8 Å². The van der Waals surface area contributed by atoms with Crippen molar-refractivity contribution >= 4 is 34.1 Å². The minimum atomic E-state index is -0.975. The molecule has 1 aliphatic rings. The summed E-state index contributed by atoms with van der Waals surface area (Å²) in [4.78, 5) is 38.4. The molecule has 0 aliphatic heterocycles. The number of amides is 2. The van der Waals surface area contributed by atoms with Crippen molar-refractivity contribution in [3.8, 4) is 0 Å². The first kappa shape index (κ1) is 21.8. The molecule has 2 unspecified atom stereocenters. The Hall–Kier alpha value is -2.93. The Morgan fingerprint density at radius 1 is 1.10 bits per heavy atom. The van der Waals surface area contributed by atoms with E-state index in [0.717, 1.165) is 16.0 Å². The van der Waals surface area contributed by atoms with Gasteiger partial charge >= 0.3 is 5.97 Å². The number of carbonyl (C=O) groups excluding carboxylic acids is 2. The first-order valence-corrected chi connectivity index (χ1v) is 10.9. The van der Waals surface area contributed by atoms with Gasteiger partial charge in [-0.1, -0.05) is 49.4 Å². The van der Waals surface area contributed by atoms with Gasteiger partial charge in [-0.3, -0.25) is 14.4 Å². The molecule has 0 bridgehead atoms. The molecule has 3 rings (SSSR count). The Kier molecular flexibility index (Phi) is 7.05.